The molecule has 2 aromatic carbocycles. The molecule has 0 saturated carbocycles. The van der Waals surface area contributed by atoms with E-state index in [0.717, 1.165) is 19.1 Å². The molecule has 1 amide bonds. The van der Waals surface area contributed by atoms with Gasteiger partial charge in [-0.3, -0.25) is 4.79 Å². The van der Waals surface area contributed by atoms with E-state index in [0.29, 0.717) is 10.6 Å². The van der Waals surface area contributed by atoms with Gasteiger partial charge in [-0.25, -0.2) is 13.1 Å². The lowest BCUT2D eigenvalue weighted by molar-refractivity contribution is -0.122. The van der Waals surface area contributed by atoms with E-state index in [9.17, 15) is 13.2 Å². The van der Waals surface area contributed by atoms with Crippen LogP contribution in [0.5, 0.6) is 0 Å². The van der Waals surface area contributed by atoms with Gasteiger partial charge in [0, 0.05) is 17.5 Å². The number of nitrogens with one attached hydrogen (secondary N) is 2. The van der Waals surface area contributed by atoms with Gasteiger partial charge in [0.15, 0.2) is 0 Å². The summed E-state index contributed by atoms with van der Waals surface area (Å²) < 4.78 is 25.9. The number of hydrogen-bond acceptors (Lipinski definition) is 3. The van der Waals surface area contributed by atoms with Crippen molar-refractivity contribution in [3.63, 3.8) is 0 Å². The molecule has 2 rings (SSSR count). The average Bonchev–Trinajstić information content (AvgIpc) is 2.60. The van der Waals surface area contributed by atoms with E-state index in [1.807, 2.05) is 25.1 Å². The van der Waals surface area contributed by atoms with Crippen LogP contribution < -0.4 is 10.0 Å². The average molecular weight is 409 g/mol. The molecular formula is C20H25ClN2O3S. The van der Waals surface area contributed by atoms with Crippen LogP contribution in [0.15, 0.2) is 54.6 Å². The van der Waals surface area contributed by atoms with Crippen LogP contribution in [0.4, 0.5) is 0 Å². The van der Waals surface area contributed by atoms with Crippen molar-refractivity contribution in [3.05, 3.63) is 70.7 Å². The van der Waals surface area contributed by atoms with Gasteiger partial charge in [-0.15, -0.1) is 0 Å². The summed E-state index contributed by atoms with van der Waals surface area (Å²) in [6, 6.07) is 16.2. The number of benzene rings is 2. The molecule has 0 bridgehead atoms. The molecule has 2 N–H and O–H groups in total. The van der Waals surface area contributed by atoms with Gasteiger partial charge in [0.2, 0.25) is 15.9 Å². The molecule has 0 saturated heterocycles. The first-order valence-corrected chi connectivity index (χ1v) is 11.1. The fourth-order valence-electron chi connectivity index (χ4n) is 2.80. The molecule has 0 radical (unpaired) electrons. The van der Waals surface area contributed by atoms with Crippen molar-refractivity contribution in [2.24, 2.45) is 0 Å². The first-order chi connectivity index (χ1) is 12.7. The molecule has 2 atom stereocenters. The summed E-state index contributed by atoms with van der Waals surface area (Å²) in [6.07, 6.45) is 2.77. The molecule has 7 heteroatoms. The maximum absolute atomic E-state index is 12.4. The number of carbonyl (C=O) groups is 1. The minimum absolute atomic E-state index is 0.0122. The summed E-state index contributed by atoms with van der Waals surface area (Å²) >= 11 is 5.89. The molecule has 0 aliphatic heterocycles. The lowest BCUT2D eigenvalue weighted by Gasteiger charge is -2.20. The molecule has 0 fully saturated rings. The summed E-state index contributed by atoms with van der Waals surface area (Å²) in [4.78, 5) is 12.4. The predicted octanol–water partition coefficient (Wildman–Crippen LogP) is 3.46. The SMILES string of the molecule is C[C@H](CCc1ccccc1)NC(=O)C[C@@H](NS(C)(=O)=O)c1ccc(Cl)cc1. The summed E-state index contributed by atoms with van der Waals surface area (Å²) in [5.74, 6) is -0.202. The number of sulfonamides is 1. The molecule has 0 spiro atoms. The van der Waals surface area contributed by atoms with Crippen molar-refractivity contribution in [1.29, 1.82) is 0 Å². The third-order valence-electron chi connectivity index (χ3n) is 4.13. The van der Waals surface area contributed by atoms with Crippen LogP contribution in [0.25, 0.3) is 0 Å². The second-order valence-electron chi connectivity index (χ2n) is 6.69. The minimum atomic E-state index is -3.46. The molecule has 0 heterocycles. The zero-order chi connectivity index (χ0) is 19.9. The molecule has 2 aromatic rings. The smallest absolute Gasteiger partial charge is 0.222 e. The Morgan fingerprint density at radius 1 is 1.07 bits per heavy atom. The Morgan fingerprint density at radius 3 is 2.30 bits per heavy atom. The first kappa shape index (κ1) is 21.4. The Balaban J connectivity index is 1.95. The molecule has 0 aliphatic rings. The molecule has 5 nitrogen and oxygen atoms in total. The highest BCUT2D eigenvalue weighted by atomic mass is 35.5. The van der Waals surface area contributed by atoms with Crippen LogP contribution in [-0.4, -0.2) is 26.6 Å². The van der Waals surface area contributed by atoms with Crippen LogP contribution in [0.3, 0.4) is 0 Å². The highest BCUT2D eigenvalue weighted by molar-refractivity contribution is 7.88. The van der Waals surface area contributed by atoms with E-state index in [1.165, 1.54) is 5.56 Å². The number of amides is 1. The van der Waals surface area contributed by atoms with Crippen LogP contribution in [0, 0.1) is 0 Å². The Bertz CT molecular complexity index is 839. The van der Waals surface area contributed by atoms with E-state index in [-0.39, 0.29) is 18.4 Å². The van der Waals surface area contributed by atoms with E-state index >= 15 is 0 Å². The van der Waals surface area contributed by atoms with Crippen molar-refractivity contribution < 1.29 is 13.2 Å². The van der Waals surface area contributed by atoms with Gasteiger partial charge < -0.3 is 5.32 Å². The molecule has 146 valence electrons. The largest absolute Gasteiger partial charge is 0.354 e. The van der Waals surface area contributed by atoms with Crippen LogP contribution in [-0.2, 0) is 21.2 Å². The molecule has 0 unspecified atom stereocenters. The van der Waals surface area contributed by atoms with Crippen molar-refractivity contribution in [1.82, 2.24) is 10.0 Å². The van der Waals surface area contributed by atoms with Crippen molar-refractivity contribution in [2.45, 2.75) is 38.3 Å². The Hall–Kier alpha value is -1.89. The number of halogens is 1. The van der Waals surface area contributed by atoms with Gasteiger partial charge in [0.05, 0.1) is 12.3 Å². The number of carbonyl (C=O) groups excluding carboxylic acids is 1. The lowest BCUT2D eigenvalue weighted by atomic mass is 10.0. The summed E-state index contributed by atoms with van der Waals surface area (Å²) in [7, 11) is -3.46. The Kier molecular flexibility index (Phi) is 7.83. The quantitative estimate of drug-likeness (QED) is 0.667. The van der Waals surface area contributed by atoms with E-state index in [2.05, 4.69) is 22.2 Å². The van der Waals surface area contributed by atoms with Crippen LogP contribution in [0.2, 0.25) is 5.02 Å². The maximum Gasteiger partial charge on any atom is 0.222 e. The van der Waals surface area contributed by atoms with Gasteiger partial charge in [-0.1, -0.05) is 54.1 Å². The summed E-state index contributed by atoms with van der Waals surface area (Å²) in [6.45, 7) is 1.95. The van der Waals surface area contributed by atoms with Gasteiger partial charge in [-0.2, -0.15) is 0 Å². The number of aryl methyl sites for hydroxylation is 1. The summed E-state index contributed by atoms with van der Waals surface area (Å²) in [5.41, 5.74) is 1.91. The Labute approximate surface area is 166 Å². The monoisotopic (exact) mass is 408 g/mol. The topological polar surface area (TPSA) is 75.3 Å². The van der Waals surface area contributed by atoms with Gasteiger partial charge in [-0.05, 0) is 43.0 Å². The second-order valence-corrected chi connectivity index (χ2v) is 8.91. The molecule has 0 aromatic heterocycles. The normalized spacial score (nSPS) is 13.7. The fourth-order valence-corrected chi connectivity index (χ4v) is 3.66. The lowest BCUT2D eigenvalue weighted by Crippen LogP contribution is -2.37. The molecule has 27 heavy (non-hydrogen) atoms. The van der Waals surface area contributed by atoms with E-state index in [1.54, 1.807) is 24.3 Å². The van der Waals surface area contributed by atoms with Crippen LogP contribution >= 0.6 is 11.6 Å². The maximum atomic E-state index is 12.4. The van der Waals surface area contributed by atoms with E-state index in [4.69, 9.17) is 11.6 Å². The zero-order valence-corrected chi connectivity index (χ0v) is 17.1. The summed E-state index contributed by atoms with van der Waals surface area (Å²) in [5, 5.41) is 3.50. The number of hydrogen-bond donors (Lipinski definition) is 2. The Morgan fingerprint density at radius 2 is 1.70 bits per heavy atom. The van der Waals surface area contributed by atoms with Gasteiger partial charge >= 0.3 is 0 Å². The third kappa shape index (κ3) is 8.12. The van der Waals surface area contributed by atoms with Crippen molar-refractivity contribution >= 4 is 27.5 Å². The fraction of sp³-hybridized carbons (Fsp3) is 0.350. The standard InChI is InChI=1S/C20H25ClN2O3S/c1-15(8-9-16-6-4-3-5-7-16)22-20(24)14-19(23-27(2,25)26)17-10-12-18(21)13-11-17/h3-7,10-13,15,19,23H,8-9,14H2,1-2H3,(H,22,24)/t15-,19-/m1/s1. The highest BCUT2D eigenvalue weighted by Gasteiger charge is 2.20. The second kappa shape index (κ2) is 9.88. The minimum Gasteiger partial charge on any atom is -0.354 e. The first-order valence-electron chi connectivity index (χ1n) is 8.79. The molecular weight excluding hydrogens is 384 g/mol. The van der Waals surface area contributed by atoms with Crippen molar-refractivity contribution in [3.8, 4) is 0 Å². The van der Waals surface area contributed by atoms with Crippen molar-refractivity contribution in [2.75, 3.05) is 6.26 Å². The van der Waals surface area contributed by atoms with Gasteiger partial charge in [0.1, 0.15) is 0 Å². The molecule has 0 aliphatic carbocycles. The van der Waals surface area contributed by atoms with Gasteiger partial charge in [0.25, 0.3) is 0 Å². The zero-order valence-electron chi connectivity index (χ0n) is 15.5. The van der Waals surface area contributed by atoms with Crippen LogP contribution in [0.1, 0.15) is 36.9 Å². The van der Waals surface area contributed by atoms with E-state index < -0.39 is 16.1 Å². The third-order valence-corrected chi connectivity index (χ3v) is 5.10. The highest BCUT2D eigenvalue weighted by Crippen LogP contribution is 2.20. The number of rotatable bonds is 9. The predicted molar refractivity (Wildman–Crippen MR) is 109 cm³/mol.